The van der Waals surface area contributed by atoms with Crippen LogP contribution >= 0.6 is 11.8 Å². The number of thioether (sulfide) groups is 1. The minimum absolute atomic E-state index is 0.248. The Balaban J connectivity index is 2.07. The van der Waals surface area contributed by atoms with Crippen LogP contribution in [-0.4, -0.2) is 35.7 Å². The summed E-state index contributed by atoms with van der Waals surface area (Å²) in [6.45, 7) is 5.47. The van der Waals surface area contributed by atoms with E-state index in [0.717, 1.165) is 12.3 Å². The fourth-order valence-electron chi connectivity index (χ4n) is 2.32. The molecule has 1 aromatic rings. The molecule has 0 aromatic heterocycles. The topological polar surface area (TPSA) is 46.3 Å². The molecule has 0 spiro atoms. The smallest absolute Gasteiger partial charge is 0.231 e. The Morgan fingerprint density at radius 1 is 1.50 bits per heavy atom. The molecule has 1 aliphatic heterocycles. The number of hydrogen-bond acceptors (Lipinski definition) is 3. The molecule has 1 unspecified atom stereocenters. The average molecular weight is 264 g/mol. The number of amides is 1. The highest BCUT2D eigenvalue weighted by Crippen LogP contribution is 2.39. The molecule has 18 heavy (non-hydrogen) atoms. The molecular formula is C14H20N2OS. The molecule has 0 radical (unpaired) electrons. The van der Waals surface area contributed by atoms with Crippen LogP contribution in [0, 0.1) is 0 Å². The quantitative estimate of drug-likeness (QED) is 0.885. The lowest BCUT2D eigenvalue weighted by Gasteiger charge is -2.28. The van der Waals surface area contributed by atoms with Crippen LogP contribution in [0.1, 0.15) is 25.3 Å². The molecule has 3 nitrogen and oxygen atoms in total. The van der Waals surface area contributed by atoms with Crippen molar-refractivity contribution in [3.8, 4) is 0 Å². The zero-order valence-electron chi connectivity index (χ0n) is 10.9. The van der Waals surface area contributed by atoms with Crippen molar-refractivity contribution in [1.82, 2.24) is 4.90 Å². The maximum absolute atomic E-state index is 11.1. The van der Waals surface area contributed by atoms with Crippen LogP contribution in [0.5, 0.6) is 0 Å². The number of carbonyl (C=O) groups is 1. The first-order chi connectivity index (χ1) is 8.58. The third kappa shape index (κ3) is 3.06. The Hall–Kier alpha value is -1.00. The summed E-state index contributed by atoms with van der Waals surface area (Å²) in [4.78, 5) is 14.7. The van der Waals surface area contributed by atoms with Gasteiger partial charge in [-0.15, -0.1) is 11.8 Å². The molecule has 98 valence electrons. The Kier molecular flexibility index (Phi) is 4.30. The molecule has 0 saturated carbocycles. The van der Waals surface area contributed by atoms with E-state index in [1.54, 1.807) is 0 Å². The van der Waals surface area contributed by atoms with Gasteiger partial charge in [0.2, 0.25) is 5.91 Å². The van der Waals surface area contributed by atoms with E-state index in [0.29, 0.717) is 18.5 Å². The molecule has 1 atom stereocenters. The second kappa shape index (κ2) is 5.76. The SMILES string of the molecule is CC(C)N(CC(N)=O)CC1CSc2ccccc21. The summed E-state index contributed by atoms with van der Waals surface area (Å²) in [6.07, 6.45) is 0. The number of benzene rings is 1. The zero-order chi connectivity index (χ0) is 13.1. The molecule has 1 aliphatic rings. The van der Waals surface area contributed by atoms with Gasteiger partial charge >= 0.3 is 0 Å². The second-order valence-electron chi connectivity index (χ2n) is 5.04. The van der Waals surface area contributed by atoms with Gasteiger partial charge < -0.3 is 5.73 Å². The second-order valence-corrected chi connectivity index (χ2v) is 6.10. The van der Waals surface area contributed by atoms with Crippen molar-refractivity contribution in [2.24, 2.45) is 5.73 Å². The fourth-order valence-corrected chi connectivity index (χ4v) is 3.56. The monoisotopic (exact) mass is 264 g/mol. The maximum Gasteiger partial charge on any atom is 0.231 e. The maximum atomic E-state index is 11.1. The summed E-state index contributed by atoms with van der Waals surface area (Å²) in [5.41, 5.74) is 6.73. The van der Waals surface area contributed by atoms with Gasteiger partial charge in [-0.2, -0.15) is 0 Å². The summed E-state index contributed by atoms with van der Waals surface area (Å²) in [5.74, 6) is 1.36. The number of nitrogens with two attached hydrogens (primary N) is 1. The van der Waals surface area contributed by atoms with E-state index < -0.39 is 0 Å². The molecule has 1 amide bonds. The molecule has 0 bridgehead atoms. The van der Waals surface area contributed by atoms with E-state index in [-0.39, 0.29) is 5.91 Å². The molecule has 2 N–H and O–H groups in total. The van der Waals surface area contributed by atoms with Crippen LogP contribution in [0.3, 0.4) is 0 Å². The summed E-state index contributed by atoms with van der Waals surface area (Å²) in [7, 11) is 0. The Bertz CT molecular complexity index is 434. The normalized spacial score (nSPS) is 18.3. The fraction of sp³-hybridized carbons (Fsp3) is 0.500. The van der Waals surface area contributed by atoms with E-state index in [1.807, 2.05) is 11.8 Å². The molecule has 1 heterocycles. The minimum atomic E-state index is -0.248. The van der Waals surface area contributed by atoms with Crippen molar-refractivity contribution in [2.75, 3.05) is 18.8 Å². The Morgan fingerprint density at radius 3 is 2.89 bits per heavy atom. The van der Waals surface area contributed by atoms with Gasteiger partial charge in [-0.3, -0.25) is 9.69 Å². The van der Waals surface area contributed by atoms with Crippen molar-refractivity contribution in [1.29, 1.82) is 0 Å². The summed E-state index contributed by atoms with van der Waals surface area (Å²) in [5, 5.41) is 0. The van der Waals surface area contributed by atoms with Crippen molar-refractivity contribution in [2.45, 2.75) is 30.7 Å². The minimum Gasteiger partial charge on any atom is -0.369 e. The van der Waals surface area contributed by atoms with E-state index in [4.69, 9.17) is 5.73 Å². The van der Waals surface area contributed by atoms with Gasteiger partial charge in [0.05, 0.1) is 6.54 Å². The van der Waals surface area contributed by atoms with Gasteiger partial charge in [0, 0.05) is 29.2 Å². The first kappa shape index (κ1) is 13.4. The lowest BCUT2D eigenvalue weighted by atomic mass is 10.0. The van der Waals surface area contributed by atoms with Crippen LogP contribution < -0.4 is 5.73 Å². The number of nitrogens with zero attached hydrogens (tertiary/aromatic N) is 1. The number of carbonyl (C=O) groups excluding carboxylic acids is 1. The van der Waals surface area contributed by atoms with Crippen LogP contribution in [0.25, 0.3) is 0 Å². The third-order valence-electron chi connectivity index (χ3n) is 3.34. The van der Waals surface area contributed by atoms with Crippen LogP contribution in [0.2, 0.25) is 0 Å². The summed E-state index contributed by atoms with van der Waals surface area (Å²) < 4.78 is 0. The van der Waals surface area contributed by atoms with Crippen molar-refractivity contribution < 1.29 is 4.79 Å². The number of primary amides is 1. The van der Waals surface area contributed by atoms with Gasteiger partial charge in [-0.25, -0.2) is 0 Å². The molecule has 1 aromatic carbocycles. The number of fused-ring (bicyclic) bond motifs is 1. The predicted octanol–water partition coefficient (Wildman–Crippen LogP) is 2.07. The highest BCUT2D eigenvalue weighted by molar-refractivity contribution is 7.99. The zero-order valence-corrected chi connectivity index (χ0v) is 11.7. The highest BCUT2D eigenvalue weighted by Gasteiger charge is 2.26. The summed E-state index contributed by atoms with van der Waals surface area (Å²) >= 11 is 1.91. The van der Waals surface area contributed by atoms with E-state index in [2.05, 4.69) is 43.0 Å². The van der Waals surface area contributed by atoms with Crippen LogP contribution in [0.15, 0.2) is 29.2 Å². The van der Waals surface area contributed by atoms with Gasteiger partial charge in [-0.1, -0.05) is 18.2 Å². The van der Waals surface area contributed by atoms with Gasteiger partial charge in [-0.05, 0) is 25.5 Å². The van der Waals surface area contributed by atoms with Gasteiger partial charge in [0.25, 0.3) is 0 Å². The van der Waals surface area contributed by atoms with Crippen LogP contribution in [-0.2, 0) is 4.79 Å². The van der Waals surface area contributed by atoms with E-state index >= 15 is 0 Å². The summed E-state index contributed by atoms with van der Waals surface area (Å²) in [6, 6.07) is 8.88. The largest absolute Gasteiger partial charge is 0.369 e. The lowest BCUT2D eigenvalue weighted by Crippen LogP contribution is -2.41. The Morgan fingerprint density at radius 2 is 2.22 bits per heavy atom. The molecule has 4 heteroatoms. The molecule has 0 aliphatic carbocycles. The van der Waals surface area contributed by atoms with E-state index in [1.165, 1.54) is 10.5 Å². The highest BCUT2D eigenvalue weighted by atomic mass is 32.2. The number of rotatable bonds is 5. The van der Waals surface area contributed by atoms with Gasteiger partial charge in [0.15, 0.2) is 0 Å². The molecule has 2 rings (SSSR count). The number of hydrogen-bond donors (Lipinski definition) is 1. The Labute approximate surface area is 113 Å². The van der Waals surface area contributed by atoms with Crippen LogP contribution in [0.4, 0.5) is 0 Å². The van der Waals surface area contributed by atoms with Gasteiger partial charge in [0.1, 0.15) is 0 Å². The van der Waals surface area contributed by atoms with Crippen molar-refractivity contribution in [3.63, 3.8) is 0 Å². The molecular weight excluding hydrogens is 244 g/mol. The standard InChI is InChI=1S/C14H20N2OS/c1-10(2)16(8-14(15)17)7-11-9-18-13-6-4-3-5-12(11)13/h3-6,10-11H,7-9H2,1-2H3,(H2,15,17). The van der Waals surface area contributed by atoms with Crippen molar-refractivity contribution in [3.05, 3.63) is 29.8 Å². The molecule has 0 fully saturated rings. The van der Waals surface area contributed by atoms with E-state index in [9.17, 15) is 4.79 Å². The average Bonchev–Trinajstić information content (AvgIpc) is 2.71. The predicted molar refractivity (Wildman–Crippen MR) is 75.8 cm³/mol. The van der Waals surface area contributed by atoms with Crippen molar-refractivity contribution >= 4 is 17.7 Å². The first-order valence-electron chi connectivity index (χ1n) is 6.32. The molecule has 0 saturated heterocycles. The first-order valence-corrected chi connectivity index (χ1v) is 7.30. The third-order valence-corrected chi connectivity index (χ3v) is 4.59. The lowest BCUT2D eigenvalue weighted by molar-refractivity contribution is -0.119.